The third kappa shape index (κ3) is 4.71. The van der Waals surface area contributed by atoms with Gasteiger partial charge in [0.1, 0.15) is 6.04 Å². The van der Waals surface area contributed by atoms with Gasteiger partial charge in [0.05, 0.1) is 17.7 Å². The first-order valence-electron chi connectivity index (χ1n) is 9.87. The second-order valence-electron chi connectivity index (χ2n) is 7.21. The molecule has 0 saturated carbocycles. The van der Waals surface area contributed by atoms with Crippen molar-refractivity contribution in [3.05, 3.63) is 34.9 Å². The predicted molar refractivity (Wildman–Crippen MR) is 105 cm³/mol. The number of aliphatic carboxylic acids is 1. The van der Waals surface area contributed by atoms with E-state index < -0.39 is 35.6 Å². The number of carbonyl (C=O) groups excluding carboxylic acids is 4. The Morgan fingerprint density at radius 3 is 2.60 bits per heavy atom. The molecule has 1 aromatic rings. The van der Waals surface area contributed by atoms with Crippen LogP contribution in [0.4, 0.5) is 0 Å². The number of carbonyl (C=O) groups is 5. The van der Waals surface area contributed by atoms with Gasteiger partial charge in [0.2, 0.25) is 11.8 Å². The van der Waals surface area contributed by atoms with E-state index in [1.807, 2.05) is 0 Å². The van der Waals surface area contributed by atoms with Crippen LogP contribution >= 0.6 is 0 Å². The molecule has 0 aromatic heterocycles. The van der Waals surface area contributed by atoms with E-state index >= 15 is 0 Å². The highest BCUT2D eigenvalue weighted by atomic mass is 16.4. The van der Waals surface area contributed by atoms with Crippen LogP contribution in [-0.2, 0) is 20.8 Å². The van der Waals surface area contributed by atoms with Crippen LogP contribution in [0.3, 0.4) is 0 Å². The van der Waals surface area contributed by atoms with Gasteiger partial charge in [0.25, 0.3) is 11.8 Å². The summed E-state index contributed by atoms with van der Waals surface area (Å²) >= 11 is 0. The molecular formula is C20H24N4O6. The zero-order valence-corrected chi connectivity index (χ0v) is 16.4. The second kappa shape index (κ2) is 9.59. The third-order valence-electron chi connectivity index (χ3n) is 5.11. The lowest BCUT2D eigenvalue weighted by molar-refractivity contribution is -0.137. The quantitative estimate of drug-likeness (QED) is 0.289. The number of hydrogen-bond acceptors (Lipinski definition) is 7. The van der Waals surface area contributed by atoms with Gasteiger partial charge >= 0.3 is 5.97 Å². The molecule has 10 nitrogen and oxygen atoms in total. The van der Waals surface area contributed by atoms with E-state index in [0.29, 0.717) is 31.6 Å². The molecule has 0 aliphatic carbocycles. The first-order chi connectivity index (χ1) is 14.4. The first-order valence-corrected chi connectivity index (χ1v) is 9.87. The van der Waals surface area contributed by atoms with Gasteiger partial charge in [0, 0.05) is 19.5 Å². The van der Waals surface area contributed by atoms with Gasteiger partial charge in [-0.05, 0) is 37.4 Å². The summed E-state index contributed by atoms with van der Waals surface area (Å²) in [6.45, 7) is 1.72. The Balaban J connectivity index is 1.58. The Labute approximate surface area is 173 Å². The molecule has 160 valence electrons. The maximum atomic E-state index is 13.0. The highest BCUT2D eigenvalue weighted by molar-refractivity contribution is 6.24. The van der Waals surface area contributed by atoms with Crippen molar-refractivity contribution in [2.24, 2.45) is 0 Å². The number of benzene rings is 1. The topological polar surface area (TPSA) is 145 Å². The van der Waals surface area contributed by atoms with Crippen LogP contribution in [0.1, 0.15) is 45.5 Å². The molecule has 0 spiro atoms. The molecular weight excluding hydrogens is 392 g/mol. The van der Waals surface area contributed by atoms with Crippen molar-refractivity contribution in [3.8, 4) is 0 Å². The van der Waals surface area contributed by atoms with Crippen molar-refractivity contribution >= 4 is 29.6 Å². The van der Waals surface area contributed by atoms with Crippen LogP contribution in [0.15, 0.2) is 18.2 Å². The Bertz CT molecular complexity index is 884. The summed E-state index contributed by atoms with van der Waals surface area (Å²) < 4.78 is 0. The van der Waals surface area contributed by atoms with Crippen molar-refractivity contribution in [2.75, 3.05) is 26.2 Å². The lowest BCUT2D eigenvalue weighted by atomic mass is 9.99. The van der Waals surface area contributed by atoms with Crippen LogP contribution < -0.4 is 16.0 Å². The average Bonchev–Trinajstić information content (AvgIpc) is 2.95. The molecule has 10 heteroatoms. The molecule has 0 radical (unpaired) electrons. The lowest BCUT2D eigenvalue weighted by Gasteiger charge is -2.27. The Kier molecular flexibility index (Phi) is 6.91. The Hall–Kier alpha value is -3.11. The fourth-order valence-electron chi connectivity index (χ4n) is 3.69. The van der Waals surface area contributed by atoms with Crippen molar-refractivity contribution in [2.45, 2.75) is 31.7 Å². The molecule has 0 bridgehead atoms. The molecule has 1 atom stereocenters. The normalized spacial score (nSPS) is 18.5. The van der Waals surface area contributed by atoms with E-state index in [2.05, 4.69) is 16.0 Å². The van der Waals surface area contributed by atoms with Gasteiger partial charge in [0.15, 0.2) is 0 Å². The third-order valence-corrected chi connectivity index (χ3v) is 5.11. The highest BCUT2D eigenvalue weighted by Gasteiger charge is 2.45. The summed E-state index contributed by atoms with van der Waals surface area (Å²) in [5, 5.41) is 16.7. The maximum absolute atomic E-state index is 13.0. The van der Waals surface area contributed by atoms with Gasteiger partial charge < -0.3 is 15.7 Å². The minimum Gasteiger partial charge on any atom is -0.480 e. The molecule has 2 aliphatic heterocycles. The van der Waals surface area contributed by atoms with Crippen LogP contribution in [0, 0.1) is 0 Å². The zero-order chi connectivity index (χ0) is 21.7. The van der Waals surface area contributed by atoms with Gasteiger partial charge in [-0.25, -0.2) is 0 Å². The number of rotatable bonds is 10. The van der Waals surface area contributed by atoms with Crippen LogP contribution in [-0.4, -0.2) is 71.8 Å². The standard InChI is InChI=1S/C20H24N4O6/c25-15-7-6-14(18(28)23-15)24-19(29)13-5-1-3-12(17(13)20(24)30)4-2-8-21-9-10-22-11-16(26)27/h1,3,5,14,21-22H,2,4,6-11H2,(H,26,27)(H,23,25,28). The summed E-state index contributed by atoms with van der Waals surface area (Å²) in [5.74, 6) is -2.93. The number of imide groups is 2. The largest absolute Gasteiger partial charge is 0.480 e. The van der Waals surface area contributed by atoms with Gasteiger partial charge in [-0.3, -0.25) is 34.2 Å². The monoisotopic (exact) mass is 416 g/mol. The highest BCUT2D eigenvalue weighted by Crippen LogP contribution is 2.30. The molecule has 4 amide bonds. The number of amides is 4. The van der Waals surface area contributed by atoms with Gasteiger partial charge in [-0.1, -0.05) is 12.1 Å². The van der Waals surface area contributed by atoms with E-state index in [9.17, 15) is 24.0 Å². The predicted octanol–water partition coefficient (Wildman–Crippen LogP) is -0.716. The van der Waals surface area contributed by atoms with Gasteiger partial charge in [-0.2, -0.15) is 0 Å². The van der Waals surface area contributed by atoms with E-state index in [-0.39, 0.29) is 24.9 Å². The number of carboxylic acid groups (broad SMARTS) is 1. The van der Waals surface area contributed by atoms with Crippen LogP contribution in [0.5, 0.6) is 0 Å². The smallest absolute Gasteiger partial charge is 0.317 e. The summed E-state index contributed by atoms with van der Waals surface area (Å²) in [5.41, 5.74) is 1.36. The van der Waals surface area contributed by atoms with E-state index in [1.54, 1.807) is 18.2 Å². The molecule has 3 rings (SSSR count). The van der Waals surface area contributed by atoms with E-state index in [4.69, 9.17) is 5.11 Å². The van der Waals surface area contributed by atoms with Crippen LogP contribution in [0.25, 0.3) is 0 Å². The minimum absolute atomic E-state index is 0.0857. The molecule has 2 heterocycles. The summed E-state index contributed by atoms with van der Waals surface area (Å²) in [6, 6.07) is 4.13. The number of carboxylic acids is 1. The molecule has 1 fully saturated rings. The lowest BCUT2D eigenvalue weighted by Crippen LogP contribution is -2.54. The van der Waals surface area contributed by atoms with Crippen molar-refractivity contribution < 1.29 is 29.1 Å². The van der Waals surface area contributed by atoms with E-state index in [0.717, 1.165) is 16.9 Å². The minimum atomic E-state index is -0.970. The number of nitrogens with one attached hydrogen (secondary N) is 3. The number of fused-ring (bicyclic) bond motifs is 1. The van der Waals surface area contributed by atoms with E-state index in [1.165, 1.54) is 0 Å². The zero-order valence-electron chi connectivity index (χ0n) is 16.4. The number of nitrogens with zero attached hydrogens (tertiary/aromatic N) is 1. The average molecular weight is 416 g/mol. The molecule has 1 aromatic carbocycles. The Morgan fingerprint density at radius 1 is 1.10 bits per heavy atom. The second-order valence-corrected chi connectivity index (χ2v) is 7.21. The molecule has 2 aliphatic rings. The Morgan fingerprint density at radius 2 is 1.87 bits per heavy atom. The number of hydrogen-bond donors (Lipinski definition) is 4. The maximum Gasteiger partial charge on any atom is 0.317 e. The first kappa shape index (κ1) is 21.6. The molecule has 30 heavy (non-hydrogen) atoms. The van der Waals surface area contributed by atoms with Crippen LogP contribution in [0.2, 0.25) is 0 Å². The molecule has 1 saturated heterocycles. The fourth-order valence-corrected chi connectivity index (χ4v) is 3.69. The SMILES string of the molecule is O=C(O)CNCCNCCCc1cccc2c1C(=O)N(C1CCC(=O)NC1=O)C2=O. The van der Waals surface area contributed by atoms with Gasteiger partial charge in [-0.15, -0.1) is 0 Å². The summed E-state index contributed by atoms with van der Waals surface area (Å²) in [6.07, 6.45) is 1.51. The van der Waals surface area contributed by atoms with Crippen molar-refractivity contribution in [1.29, 1.82) is 0 Å². The summed E-state index contributed by atoms with van der Waals surface area (Å²) in [7, 11) is 0. The van der Waals surface area contributed by atoms with Crippen molar-refractivity contribution in [3.63, 3.8) is 0 Å². The number of piperidine rings is 1. The number of aryl methyl sites for hydroxylation is 1. The molecule has 1 unspecified atom stereocenters. The summed E-state index contributed by atoms with van der Waals surface area (Å²) in [4.78, 5) is 60.7. The fraction of sp³-hybridized carbons (Fsp3) is 0.450. The molecule has 4 N–H and O–H groups in total. The van der Waals surface area contributed by atoms with Crippen molar-refractivity contribution in [1.82, 2.24) is 20.9 Å².